The summed E-state index contributed by atoms with van der Waals surface area (Å²) < 4.78 is 0. The maximum Gasteiger partial charge on any atom is 0.0499 e. The molecule has 1 aliphatic heterocycles. The molecule has 1 aliphatic rings. The third-order valence-corrected chi connectivity index (χ3v) is 3.61. The van der Waals surface area contributed by atoms with Crippen molar-refractivity contribution in [2.24, 2.45) is 11.7 Å². The van der Waals surface area contributed by atoms with E-state index in [1.807, 2.05) is 12.1 Å². The highest BCUT2D eigenvalue weighted by molar-refractivity contribution is 6.30. The third-order valence-electron chi connectivity index (χ3n) is 3.36. The fraction of sp³-hybridized carbons (Fsp3) is 0.571. The first-order valence-electron chi connectivity index (χ1n) is 6.33. The summed E-state index contributed by atoms with van der Waals surface area (Å²) in [7, 11) is 0. The molecule has 1 aromatic carbocycles. The average molecular weight is 253 g/mol. The molecule has 2 N–H and O–H groups in total. The molecular formula is C14H21ClN2. The Hall–Kier alpha value is -0.570. The highest BCUT2D eigenvalue weighted by atomic mass is 35.5. The average Bonchev–Trinajstić information content (AvgIpc) is 2.61. The van der Waals surface area contributed by atoms with Crippen molar-refractivity contribution in [2.75, 3.05) is 13.1 Å². The largest absolute Gasteiger partial charge is 0.326 e. The van der Waals surface area contributed by atoms with E-state index in [0.717, 1.165) is 24.5 Å². The molecule has 1 saturated heterocycles. The topological polar surface area (TPSA) is 29.3 Å². The van der Waals surface area contributed by atoms with Crippen LogP contribution in [0, 0.1) is 5.92 Å². The first kappa shape index (κ1) is 12.9. The van der Waals surface area contributed by atoms with Gasteiger partial charge in [-0.05, 0) is 30.0 Å². The van der Waals surface area contributed by atoms with Crippen LogP contribution in [0.5, 0.6) is 0 Å². The molecule has 0 aliphatic carbocycles. The van der Waals surface area contributed by atoms with E-state index in [1.165, 1.54) is 5.56 Å². The first-order chi connectivity index (χ1) is 8.08. The van der Waals surface area contributed by atoms with Crippen LogP contribution in [0.1, 0.15) is 31.9 Å². The lowest BCUT2D eigenvalue weighted by atomic mass is 10.0. The molecule has 0 saturated carbocycles. The molecule has 0 aromatic heterocycles. The number of nitrogens with two attached hydrogens (primary N) is 1. The van der Waals surface area contributed by atoms with Gasteiger partial charge in [-0.3, -0.25) is 4.90 Å². The van der Waals surface area contributed by atoms with Crippen molar-refractivity contribution in [3.8, 4) is 0 Å². The van der Waals surface area contributed by atoms with E-state index in [9.17, 15) is 0 Å². The van der Waals surface area contributed by atoms with Crippen LogP contribution in [-0.4, -0.2) is 24.0 Å². The number of rotatable bonds is 3. The lowest BCUT2D eigenvalue weighted by molar-refractivity contribution is 0.221. The third kappa shape index (κ3) is 3.01. The molecule has 1 aromatic rings. The molecule has 2 atom stereocenters. The number of benzene rings is 1. The highest BCUT2D eigenvalue weighted by Crippen LogP contribution is 2.32. The molecular weight excluding hydrogens is 232 g/mol. The van der Waals surface area contributed by atoms with E-state index < -0.39 is 0 Å². The Bertz CT molecular complexity index is 361. The van der Waals surface area contributed by atoms with Gasteiger partial charge in [-0.25, -0.2) is 0 Å². The van der Waals surface area contributed by atoms with Gasteiger partial charge in [0.05, 0.1) is 0 Å². The normalized spacial score (nSPS) is 25.7. The zero-order chi connectivity index (χ0) is 12.4. The summed E-state index contributed by atoms with van der Waals surface area (Å²) in [6, 6.07) is 8.71. The number of halogens is 1. The van der Waals surface area contributed by atoms with Crippen molar-refractivity contribution in [3.05, 3.63) is 34.9 Å². The molecule has 0 spiro atoms. The van der Waals surface area contributed by atoms with Crippen LogP contribution in [0.3, 0.4) is 0 Å². The lowest BCUT2D eigenvalue weighted by Crippen LogP contribution is -2.33. The summed E-state index contributed by atoms with van der Waals surface area (Å²) in [6.45, 7) is 6.72. The lowest BCUT2D eigenvalue weighted by Gasteiger charge is -2.28. The molecule has 94 valence electrons. The number of hydrogen-bond acceptors (Lipinski definition) is 2. The van der Waals surface area contributed by atoms with Crippen molar-refractivity contribution in [2.45, 2.75) is 32.4 Å². The van der Waals surface area contributed by atoms with E-state index in [2.05, 4.69) is 30.9 Å². The summed E-state index contributed by atoms with van der Waals surface area (Å²) in [5, 5.41) is 0.788. The Balaban J connectivity index is 2.18. The fourth-order valence-corrected chi connectivity index (χ4v) is 2.80. The standard InChI is InChI=1S/C14H21ClN2/c1-10(2)9-17-8-7-13(16)14(17)11-3-5-12(15)6-4-11/h3-6,10,13-14H,7-9,16H2,1-2H3. The van der Waals surface area contributed by atoms with Gasteiger partial charge in [0.25, 0.3) is 0 Å². The van der Waals surface area contributed by atoms with Crippen molar-refractivity contribution in [1.29, 1.82) is 0 Å². The van der Waals surface area contributed by atoms with Crippen LogP contribution in [0.4, 0.5) is 0 Å². The zero-order valence-corrected chi connectivity index (χ0v) is 11.3. The van der Waals surface area contributed by atoms with E-state index in [1.54, 1.807) is 0 Å². The van der Waals surface area contributed by atoms with Gasteiger partial charge in [0.1, 0.15) is 0 Å². The second kappa shape index (κ2) is 5.38. The highest BCUT2D eigenvalue weighted by Gasteiger charge is 2.32. The van der Waals surface area contributed by atoms with Gasteiger partial charge in [0.15, 0.2) is 0 Å². The molecule has 0 radical (unpaired) electrons. The Kier molecular flexibility index (Phi) is 4.08. The molecule has 17 heavy (non-hydrogen) atoms. The molecule has 2 nitrogen and oxygen atoms in total. The predicted octanol–water partition coefficient (Wildman–Crippen LogP) is 3.07. The van der Waals surface area contributed by atoms with Crippen LogP contribution >= 0.6 is 11.6 Å². The summed E-state index contributed by atoms with van der Waals surface area (Å²) in [5.74, 6) is 0.676. The molecule has 3 heteroatoms. The van der Waals surface area contributed by atoms with Crippen LogP contribution in [-0.2, 0) is 0 Å². The van der Waals surface area contributed by atoms with Gasteiger partial charge in [-0.15, -0.1) is 0 Å². The molecule has 0 amide bonds. The Labute approximate surface area is 109 Å². The molecule has 2 unspecified atom stereocenters. The van der Waals surface area contributed by atoms with Gasteiger partial charge >= 0.3 is 0 Å². The summed E-state index contributed by atoms with van der Waals surface area (Å²) in [6.07, 6.45) is 1.08. The van der Waals surface area contributed by atoms with E-state index in [-0.39, 0.29) is 6.04 Å². The van der Waals surface area contributed by atoms with Gasteiger partial charge < -0.3 is 5.73 Å². The first-order valence-corrected chi connectivity index (χ1v) is 6.71. The number of likely N-dealkylation sites (tertiary alicyclic amines) is 1. The molecule has 1 heterocycles. The maximum atomic E-state index is 6.24. The minimum atomic E-state index is 0.245. The maximum absolute atomic E-state index is 6.24. The van der Waals surface area contributed by atoms with E-state index >= 15 is 0 Å². The molecule has 0 bridgehead atoms. The van der Waals surface area contributed by atoms with Crippen molar-refractivity contribution in [1.82, 2.24) is 4.90 Å². The summed E-state index contributed by atoms with van der Waals surface area (Å²) >= 11 is 5.93. The minimum absolute atomic E-state index is 0.245. The quantitative estimate of drug-likeness (QED) is 0.896. The second-order valence-electron chi connectivity index (χ2n) is 5.34. The number of nitrogens with zero attached hydrogens (tertiary/aromatic N) is 1. The van der Waals surface area contributed by atoms with Gasteiger partial charge in [-0.1, -0.05) is 37.6 Å². The number of hydrogen-bond donors (Lipinski definition) is 1. The van der Waals surface area contributed by atoms with E-state index in [4.69, 9.17) is 17.3 Å². The van der Waals surface area contributed by atoms with Crippen molar-refractivity contribution < 1.29 is 0 Å². The Morgan fingerprint density at radius 3 is 2.59 bits per heavy atom. The van der Waals surface area contributed by atoms with Gasteiger partial charge in [0, 0.05) is 30.2 Å². The van der Waals surface area contributed by atoms with Gasteiger partial charge in [0.2, 0.25) is 0 Å². The van der Waals surface area contributed by atoms with Gasteiger partial charge in [-0.2, -0.15) is 0 Å². The second-order valence-corrected chi connectivity index (χ2v) is 5.77. The minimum Gasteiger partial charge on any atom is -0.326 e. The fourth-order valence-electron chi connectivity index (χ4n) is 2.67. The summed E-state index contributed by atoms with van der Waals surface area (Å²) in [5.41, 5.74) is 7.53. The molecule has 2 rings (SSSR count). The van der Waals surface area contributed by atoms with Crippen LogP contribution < -0.4 is 5.73 Å². The monoisotopic (exact) mass is 252 g/mol. The van der Waals surface area contributed by atoms with Crippen LogP contribution in [0.2, 0.25) is 5.02 Å². The van der Waals surface area contributed by atoms with E-state index in [0.29, 0.717) is 12.0 Å². The van der Waals surface area contributed by atoms with Crippen molar-refractivity contribution in [3.63, 3.8) is 0 Å². The van der Waals surface area contributed by atoms with Crippen LogP contribution in [0.25, 0.3) is 0 Å². The zero-order valence-electron chi connectivity index (χ0n) is 10.6. The Morgan fingerprint density at radius 1 is 1.35 bits per heavy atom. The van der Waals surface area contributed by atoms with Crippen LogP contribution in [0.15, 0.2) is 24.3 Å². The SMILES string of the molecule is CC(C)CN1CCC(N)C1c1ccc(Cl)cc1. The van der Waals surface area contributed by atoms with Crippen molar-refractivity contribution >= 4 is 11.6 Å². The predicted molar refractivity (Wildman–Crippen MR) is 73.2 cm³/mol. The smallest absolute Gasteiger partial charge is 0.0499 e. The summed E-state index contributed by atoms with van der Waals surface area (Å²) in [4.78, 5) is 2.50. The Morgan fingerprint density at radius 2 is 2.00 bits per heavy atom. The molecule has 1 fully saturated rings.